The molecule has 0 spiro atoms. The van der Waals surface area contributed by atoms with Crippen LogP contribution < -0.4 is 0 Å². The molecule has 0 unspecified atom stereocenters. The lowest BCUT2D eigenvalue weighted by molar-refractivity contribution is 0.180. The molecule has 1 saturated carbocycles. The molecule has 1 aliphatic rings. The fraction of sp³-hybridized carbons (Fsp3) is 0.909. The summed E-state index contributed by atoms with van der Waals surface area (Å²) in [6.45, 7) is 7.13. The van der Waals surface area contributed by atoms with Crippen LogP contribution in [0.1, 0.15) is 52.9 Å². The van der Waals surface area contributed by atoms with Crippen LogP contribution in [0.3, 0.4) is 0 Å². The zero-order valence-corrected chi connectivity index (χ0v) is 9.02. The van der Waals surface area contributed by atoms with Crippen molar-refractivity contribution >= 4 is 6.08 Å². The number of isocyanates is 1. The second-order valence-corrected chi connectivity index (χ2v) is 4.80. The van der Waals surface area contributed by atoms with Crippen molar-refractivity contribution in [2.75, 3.05) is 0 Å². The molecule has 1 fully saturated rings. The van der Waals surface area contributed by atoms with Gasteiger partial charge in [0.25, 0.3) is 0 Å². The third kappa shape index (κ3) is 5.59. The molecule has 1 N–H and O–H groups in total. The van der Waals surface area contributed by atoms with Crippen molar-refractivity contribution in [3.63, 3.8) is 0 Å². The maximum atomic E-state index is 8.35. The fourth-order valence-corrected chi connectivity index (χ4v) is 1.97. The molecular formula is C11H21NO. The van der Waals surface area contributed by atoms with Crippen molar-refractivity contribution in [2.45, 2.75) is 52.9 Å². The maximum absolute atomic E-state index is 8.35. The van der Waals surface area contributed by atoms with E-state index in [1.807, 2.05) is 0 Å². The Morgan fingerprint density at radius 1 is 1.15 bits per heavy atom. The van der Waals surface area contributed by atoms with Gasteiger partial charge in [0.1, 0.15) is 0 Å². The fourth-order valence-electron chi connectivity index (χ4n) is 1.97. The van der Waals surface area contributed by atoms with Crippen molar-refractivity contribution in [1.29, 1.82) is 5.41 Å². The average Bonchev–Trinajstić information content (AvgIpc) is 2.06. The smallest absolute Gasteiger partial charge is 0.222 e. The molecule has 2 nitrogen and oxygen atoms in total. The number of rotatable bonds is 0. The van der Waals surface area contributed by atoms with Crippen molar-refractivity contribution < 1.29 is 4.79 Å². The van der Waals surface area contributed by atoms with Gasteiger partial charge in [-0.1, -0.05) is 40.0 Å². The first-order valence-electron chi connectivity index (χ1n) is 5.06. The summed E-state index contributed by atoms with van der Waals surface area (Å²) in [5.74, 6) is 1.00. The molecule has 0 heterocycles. The summed E-state index contributed by atoms with van der Waals surface area (Å²) in [6, 6.07) is 0. The highest BCUT2D eigenvalue weighted by Crippen LogP contribution is 2.37. The Balaban J connectivity index is 0.000000424. The van der Waals surface area contributed by atoms with Crippen molar-refractivity contribution in [1.82, 2.24) is 0 Å². The van der Waals surface area contributed by atoms with Crippen LogP contribution in [0.2, 0.25) is 0 Å². The second-order valence-electron chi connectivity index (χ2n) is 4.80. The number of hydrogen-bond donors (Lipinski definition) is 1. The van der Waals surface area contributed by atoms with Crippen LogP contribution in [0.4, 0.5) is 0 Å². The van der Waals surface area contributed by atoms with Gasteiger partial charge in [-0.2, -0.15) is 0 Å². The SMILES string of the molecule is CC(C)(C)C1CCCCC1.N=C=O. The van der Waals surface area contributed by atoms with Crippen molar-refractivity contribution in [2.24, 2.45) is 11.3 Å². The summed E-state index contributed by atoms with van der Waals surface area (Å²) in [5, 5.41) is 5.40. The second kappa shape index (κ2) is 5.93. The Kier molecular flexibility index (Phi) is 5.65. The van der Waals surface area contributed by atoms with Gasteiger partial charge in [-0.3, -0.25) is 0 Å². The van der Waals surface area contributed by atoms with Gasteiger partial charge in [-0.25, -0.2) is 10.2 Å². The molecule has 1 aliphatic carbocycles. The minimum Gasteiger partial charge on any atom is -0.222 e. The standard InChI is InChI=1S/C10H20.CHNO/c1-10(2,3)9-7-5-4-6-8-9;2-1-3/h9H,4-8H2,1-3H3;2H. The first-order chi connectivity index (χ1) is 6.02. The lowest BCUT2D eigenvalue weighted by Crippen LogP contribution is -2.22. The molecule has 2 heteroatoms. The molecule has 0 atom stereocenters. The highest BCUT2D eigenvalue weighted by Gasteiger charge is 2.25. The number of nitrogens with one attached hydrogen (secondary N) is 1. The predicted molar refractivity (Wildman–Crippen MR) is 54.4 cm³/mol. The summed E-state index contributed by atoms with van der Waals surface area (Å²) in [7, 11) is 0. The zero-order chi connectivity index (χ0) is 10.3. The van der Waals surface area contributed by atoms with Crippen molar-refractivity contribution in [3.8, 4) is 0 Å². The molecular weight excluding hydrogens is 162 g/mol. The van der Waals surface area contributed by atoms with Gasteiger partial charge in [0, 0.05) is 0 Å². The summed E-state index contributed by atoms with van der Waals surface area (Å²) in [5.41, 5.74) is 0.570. The number of hydrogen-bond acceptors (Lipinski definition) is 2. The van der Waals surface area contributed by atoms with E-state index < -0.39 is 0 Å². The predicted octanol–water partition coefficient (Wildman–Crippen LogP) is 3.51. The van der Waals surface area contributed by atoms with E-state index in [2.05, 4.69) is 20.8 Å². The van der Waals surface area contributed by atoms with Gasteiger partial charge in [0.15, 0.2) is 0 Å². The van der Waals surface area contributed by atoms with E-state index >= 15 is 0 Å². The van der Waals surface area contributed by atoms with Crippen LogP contribution >= 0.6 is 0 Å². The highest BCUT2D eigenvalue weighted by atomic mass is 16.1. The maximum Gasteiger partial charge on any atom is 0.231 e. The Morgan fingerprint density at radius 2 is 1.54 bits per heavy atom. The highest BCUT2D eigenvalue weighted by molar-refractivity contribution is 5.26. The molecule has 76 valence electrons. The van der Waals surface area contributed by atoms with Gasteiger partial charge in [-0.05, 0) is 24.2 Å². The monoisotopic (exact) mass is 183 g/mol. The Morgan fingerprint density at radius 3 is 1.77 bits per heavy atom. The minimum atomic E-state index is 0.570. The molecule has 0 amide bonds. The third-order valence-electron chi connectivity index (χ3n) is 2.83. The topological polar surface area (TPSA) is 40.9 Å². The van der Waals surface area contributed by atoms with E-state index in [9.17, 15) is 0 Å². The molecule has 0 aromatic heterocycles. The lowest BCUT2D eigenvalue weighted by Gasteiger charge is -2.33. The van der Waals surface area contributed by atoms with E-state index in [1.54, 1.807) is 0 Å². The minimum absolute atomic E-state index is 0.570. The van der Waals surface area contributed by atoms with Crippen LogP contribution in [-0.2, 0) is 4.79 Å². The normalized spacial score (nSPS) is 18.4. The molecule has 0 radical (unpaired) electrons. The first-order valence-corrected chi connectivity index (χ1v) is 5.06. The molecule has 0 saturated heterocycles. The van der Waals surface area contributed by atoms with Gasteiger partial charge in [0.2, 0.25) is 6.08 Å². The van der Waals surface area contributed by atoms with Crippen molar-refractivity contribution in [3.05, 3.63) is 0 Å². The summed E-state index contributed by atoms with van der Waals surface area (Å²) < 4.78 is 0. The van der Waals surface area contributed by atoms with Crippen LogP contribution in [0.5, 0.6) is 0 Å². The van der Waals surface area contributed by atoms with Gasteiger partial charge < -0.3 is 0 Å². The average molecular weight is 183 g/mol. The summed E-state index contributed by atoms with van der Waals surface area (Å²) >= 11 is 0. The molecule has 13 heavy (non-hydrogen) atoms. The lowest BCUT2D eigenvalue weighted by atomic mass is 9.72. The van der Waals surface area contributed by atoms with Crippen LogP contribution in [0.15, 0.2) is 0 Å². The Bertz CT molecular complexity index is 157. The molecule has 1 rings (SSSR count). The Hall–Kier alpha value is -0.620. The number of carbonyl (C=O) groups excluding carboxylic acids is 1. The van der Waals surface area contributed by atoms with Gasteiger partial charge in [-0.15, -0.1) is 0 Å². The summed E-state index contributed by atoms with van der Waals surface area (Å²) in [6.07, 6.45) is 8.13. The van der Waals surface area contributed by atoms with E-state index in [0.717, 1.165) is 12.0 Å². The molecule has 0 aromatic carbocycles. The van der Waals surface area contributed by atoms with Gasteiger partial charge >= 0.3 is 0 Å². The van der Waals surface area contributed by atoms with Crippen LogP contribution in [0, 0.1) is 16.7 Å². The molecule has 0 aromatic rings. The Labute approximate surface area is 81.2 Å². The van der Waals surface area contributed by atoms with E-state index in [-0.39, 0.29) is 0 Å². The van der Waals surface area contributed by atoms with Gasteiger partial charge in [0.05, 0.1) is 0 Å². The van der Waals surface area contributed by atoms with Crippen LogP contribution in [0.25, 0.3) is 0 Å². The molecule has 0 aliphatic heterocycles. The first kappa shape index (κ1) is 12.4. The van der Waals surface area contributed by atoms with E-state index in [4.69, 9.17) is 10.2 Å². The van der Waals surface area contributed by atoms with E-state index in [0.29, 0.717) is 5.41 Å². The summed E-state index contributed by atoms with van der Waals surface area (Å²) in [4.78, 5) is 8.35. The largest absolute Gasteiger partial charge is 0.231 e. The van der Waals surface area contributed by atoms with Crippen LogP contribution in [-0.4, -0.2) is 6.08 Å². The van der Waals surface area contributed by atoms with E-state index in [1.165, 1.54) is 32.1 Å². The molecule has 0 bridgehead atoms. The quantitative estimate of drug-likeness (QED) is 0.453. The zero-order valence-electron chi connectivity index (χ0n) is 9.02. The third-order valence-corrected chi connectivity index (χ3v) is 2.83.